The van der Waals surface area contributed by atoms with Crippen molar-refractivity contribution in [2.24, 2.45) is 0 Å². The summed E-state index contributed by atoms with van der Waals surface area (Å²) in [6.07, 6.45) is 1.68. The quantitative estimate of drug-likeness (QED) is 0.398. The van der Waals surface area contributed by atoms with E-state index in [-0.39, 0.29) is 21.9 Å². The molecule has 1 amide bonds. The molecule has 0 bridgehead atoms. The molecule has 0 radical (unpaired) electrons. The zero-order valence-electron chi connectivity index (χ0n) is 16.7. The van der Waals surface area contributed by atoms with Gasteiger partial charge in [0.1, 0.15) is 17.4 Å². The molecule has 2 N–H and O–H groups in total. The number of fused-ring (bicyclic) bond motifs is 1. The van der Waals surface area contributed by atoms with Crippen molar-refractivity contribution in [1.29, 1.82) is 0 Å². The number of carbonyl (C=O) groups is 2. The number of ketones is 1. The number of anilines is 1. The topological polar surface area (TPSA) is 84.1 Å². The first-order valence-electron chi connectivity index (χ1n) is 9.47. The highest BCUT2D eigenvalue weighted by Gasteiger charge is 2.18. The third-order valence-electron chi connectivity index (χ3n) is 4.73. The van der Waals surface area contributed by atoms with E-state index < -0.39 is 29.9 Å². The van der Waals surface area contributed by atoms with Crippen molar-refractivity contribution < 1.29 is 23.1 Å². The number of hydrogen-bond acceptors (Lipinski definition) is 4. The Morgan fingerprint density at radius 1 is 1.09 bits per heavy atom. The summed E-state index contributed by atoms with van der Waals surface area (Å²) in [6.45, 7) is 1.44. The average Bonchev–Trinajstić information content (AvgIpc) is 3.19. The summed E-state index contributed by atoms with van der Waals surface area (Å²) in [5, 5.41) is 10.7. The lowest BCUT2D eigenvalue weighted by Crippen LogP contribution is -2.21. The summed E-state index contributed by atoms with van der Waals surface area (Å²) >= 11 is 5.99. The van der Waals surface area contributed by atoms with Crippen LogP contribution in [-0.4, -0.2) is 28.5 Å². The highest BCUT2D eigenvalue weighted by molar-refractivity contribution is 6.31. The number of aromatic amines is 1. The molecule has 0 aliphatic rings. The van der Waals surface area contributed by atoms with Crippen LogP contribution in [-0.2, 0) is 4.79 Å². The number of halogens is 3. The maximum absolute atomic E-state index is 13.5. The van der Waals surface area contributed by atoms with Crippen LogP contribution in [0.25, 0.3) is 10.9 Å². The van der Waals surface area contributed by atoms with Crippen molar-refractivity contribution in [3.05, 3.63) is 88.1 Å². The molecule has 32 heavy (non-hydrogen) atoms. The molecule has 4 aromatic rings. The van der Waals surface area contributed by atoms with Crippen LogP contribution >= 0.6 is 11.6 Å². The van der Waals surface area contributed by atoms with Crippen LogP contribution in [0.5, 0.6) is 5.75 Å². The van der Waals surface area contributed by atoms with Crippen LogP contribution in [0.1, 0.15) is 21.5 Å². The van der Waals surface area contributed by atoms with E-state index in [0.29, 0.717) is 11.8 Å². The van der Waals surface area contributed by atoms with Crippen molar-refractivity contribution in [2.75, 3.05) is 11.9 Å². The van der Waals surface area contributed by atoms with Crippen LogP contribution in [0.2, 0.25) is 5.02 Å². The number of ether oxygens (including phenoxy) is 1. The third-order valence-corrected chi connectivity index (χ3v) is 4.96. The molecule has 0 aliphatic carbocycles. The van der Waals surface area contributed by atoms with E-state index in [2.05, 4.69) is 15.5 Å². The Hall–Kier alpha value is -3.78. The molecule has 0 atom stereocenters. The van der Waals surface area contributed by atoms with Crippen molar-refractivity contribution in [3.8, 4) is 5.75 Å². The van der Waals surface area contributed by atoms with Gasteiger partial charge >= 0.3 is 0 Å². The van der Waals surface area contributed by atoms with E-state index >= 15 is 0 Å². The lowest BCUT2D eigenvalue weighted by Gasteiger charge is -2.13. The van der Waals surface area contributed by atoms with Crippen molar-refractivity contribution >= 4 is 39.9 Å². The first-order chi connectivity index (χ1) is 15.3. The van der Waals surface area contributed by atoms with Gasteiger partial charge in [-0.1, -0.05) is 11.6 Å². The van der Waals surface area contributed by atoms with Gasteiger partial charge in [-0.2, -0.15) is 5.10 Å². The van der Waals surface area contributed by atoms with Crippen molar-refractivity contribution in [1.82, 2.24) is 10.2 Å². The number of amides is 1. The van der Waals surface area contributed by atoms with Crippen LogP contribution in [0.3, 0.4) is 0 Å². The second-order valence-corrected chi connectivity index (χ2v) is 7.53. The van der Waals surface area contributed by atoms with Crippen LogP contribution in [0.4, 0.5) is 14.5 Å². The normalized spacial score (nSPS) is 10.9. The monoisotopic (exact) mass is 455 g/mol. The molecule has 0 saturated heterocycles. The smallest absolute Gasteiger partial charge is 0.262 e. The van der Waals surface area contributed by atoms with E-state index in [1.54, 1.807) is 12.3 Å². The lowest BCUT2D eigenvalue weighted by molar-refractivity contribution is -0.118. The molecule has 0 saturated carbocycles. The minimum absolute atomic E-state index is 0.0228. The first kappa shape index (κ1) is 21.5. The number of carbonyl (C=O) groups excluding carboxylic acids is 2. The van der Waals surface area contributed by atoms with E-state index in [0.717, 1.165) is 28.6 Å². The zero-order chi connectivity index (χ0) is 22.8. The van der Waals surface area contributed by atoms with Crippen LogP contribution in [0.15, 0.2) is 54.7 Å². The number of rotatable bonds is 6. The molecule has 9 heteroatoms. The molecular weight excluding hydrogens is 440 g/mol. The molecule has 4 rings (SSSR count). The van der Waals surface area contributed by atoms with E-state index in [4.69, 9.17) is 16.3 Å². The molecule has 162 valence electrons. The fourth-order valence-corrected chi connectivity index (χ4v) is 3.39. The Morgan fingerprint density at radius 3 is 2.59 bits per heavy atom. The number of hydrogen-bond donors (Lipinski definition) is 2. The Bertz CT molecular complexity index is 1330. The largest absolute Gasteiger partial charge is 0.483 e. The summed E-state index contributed by atoms with van der Waals surface area (Å²) in [5.74, 6) is -2.87. The maximum atomic E-state index is 13.5. The number of nitrogens with zero attached hydrogens (tertiary/aromatic N) is 1. The fourth-order valence-electron chi connectivity index (χ4n) is 3.22. The van der Waals surface area contributed by atoms with Crippen LogP contribution in [0, 0.1) is 18.6 Å². The summed E-state index contributed by atoms with van der Waals surface area (Å²) in [7, 11) is 0. The van der Waals surface area contributed by atoms with Crippen LogP contribution < -0.4 is 10.1 Å². The molecular formula is C23H16ClF2N3O3. The third kappa shape index (κ3) is 4.60. The standard InChI is InChI=1S/C23H16ClF2N3O3/c1-12-4-14-10-27-29-20(14)9-19(12)28-22(30)11-32-21-3-2-15(24)7-18(21)23(31)13-5-16(25)8-17(26)6-13/h2-10H,11H2,1H3,(H,27,29)(H,28,30). The second kappa shape index (κ2) is 8.76. The number of benzene rings is 3. The van der Waals surface area contributed by atoms with Gasteiger partial charge in [0, 0.05) is 27.7 Å². The van der Waals surface area contributed by atoms with Gasteiger partial charge in [-0.3, -0.25) is 14.7 Å². The SMILES string of the molecule is Cc1cc2cn[nH]c2cc1NC(=O)COc1ccc(Cl)cc1C(=O)c1cc(F)cc(F)c1. The first-order valence-corrected chi connectivity index (χ1v) is 9.84. The van der Waals surface area contributed by atoms with Gasteiger partial charge in [-0.15, -0.1) is 0 Å². The number of H-pyrrole nitrogens is 1. The maximum Gasteiger partial charge on any atom is 0.262 e. The lowest BCUT2D eigenvalue weighted by atomic mass is 10.0. The second-order valence-electron chi connectivity index (χ2n) is 7.09. The predicted molar refractivity (Wildman–Crippen MR) is 116 cm³/mol. The summed E-state index contributed by atoms with van der Waals surface area (Å²) in [6, 6.07) is 10.3. The van der Waals surface area contributed by atoms with Gasteiger partial charge in [0.2, 0.25) is 0 Å². The molecule has 3 aromatic carbocycles. The Balaban J connectivity index is 1.52. The van der Waals surface area contributed by atoms with E-state index in [1.165, 1.54) is 18.2 Å². The molecule has 0 aliphatic heterocycles. The zero-order valence-corrected chi connectivity index (χ0v) is 17.5. The summed E-state index contributed by atoms with van der Waals surface area (Å²) in [4.78, 5) is 25.3. The molecule has 0 unspecified atom stereocenters. The van der Waals surface area contributed by atoms with E-state index in [1.807, 2.05) is 13.0 Å². The Labute approximate surface area is 186 Å². The Kier molecular flexibility index (Phi) is 5.87. The summed E-state index contributed by atoms with van der Waals surface area (Å²) in [5.41, 5.74) is 1.95. The highest BCUT2D eigenvalue weighted by atomic mass is 35.5. The van der Waals surface area contributed by atoms with Crippen molar-refractivity contribution in [3.63, 3.8) is 0 Å². The highest BCUT2D eigenvalue weighted by Crippen LogP contribution is 2.27. The Morgan fingerprint density at radius 2 is 1.84 bits per heavy atom. The van der Waals surface area contributed by atoms with E-state index in [9.17, 15) is 18.4 Å². The molecule has 0 fully saturated rings. The van der Waals surface area contributed by atoms with Gasteiger partial charge in [-0.25, -0.2) is 8.78 Å². The molecule has 1 heterocycles. The van der Waals surface area contributed by atoms with Gasteiger partial charge in [0.05, 0.1) is 17.3 Å². The minimum Gasteiger partial charge on any atom is -0.483 e. The molecule has 0 spiro atoms. The van der Waals surface area contributed by atoms with Gasteiger partial charge in [-0.05, 0) is 55.0 Å². The molecule has 1 aromatic heterocycles. The van der Waals surface area contributed by atoms with Crippen molar-refractivity contribution in [2.45, 2.75) is 6.92 Å². The molecule has 6 nitrogen and oxygen atoms in total. The van der Waals surface area contributed by atoms with Gasteiger partial charge in [0.25, 0.3) is 5.91 Å². The average molecular weight is 456 g/mol. The number of nitrogens with one attached hydrogen (secondary N) is 2. The fraction of sp³-hybridized carbons (Fsp3) is 0.0870. The van der Waals surface area contributed by atoms with Gasteiger partial charge in [0.15, 0.2) is 12.4 Å². The van der Waals surface area contributed by atoms with Gasteiger partial charge < -0.3 is 10.1 Å². The predicted octanol–water partition coefficient (Wildman–Crippen LogP) is 5.05. The summed E-state index contributed by atoms with van der Waals surface area (Å²) < 4.78 is 32.6. The number of aryl methyl sites for hydroxylation is 1. The minimum atomic E-state index is -0.887. The number of aromatic nitrogens is 2.